The van der Waals surface area contributed by atoms with E-state index in [-0.39, 0.29) is 0 Å². The van der Waals surface area contributed by atoms with Crippen LogP contribution in [0.1, 0.15) is 22.9 Å². The molecule has 3 rings (SSSR count). The van der Waals surface area contributed by atoms with Crippen LogP contribution in [0.4, 0.5) is 0 Å². The Hall–Kier alpha value is -1.67. The van der Waals surface area contributed by atoms with Crippen LogP contribution >= 0.6 is 11.3 Å². The van der Waals surface area contributed by atoms with Crippen LogP contribution in [0.2, 0.25) is 0 Å². The molecule has 0 radical (unpaired) electrons. The van der Waals surface area contributed by atoms with E-state index in [0.717, 1.165) is 18.5 Å². The van der Waals surface area contributed by atoms with Crippen molar-refractivity contribution in [2.45, 2.75) is 18.8 Å². The van der Waals surface area contributed by atoms with Gasteiger partial charge >= 0.3 is 0 Å². The molecule has 18 heavy (non-hydrogen) atoms. The summed E-state index contributed by atoms with van der Waals surface area (Å²) in [6, 6.07) is 10.4. The molecule has 1 aliphatic carbocycles. The molecule has 0 saturated carbocycles. The molecule has 0 bridgehead atoms. The van der Waals surface area contributed by atoms with Crippen LogP contribution in [0.15, 0.2) is 65.7 Å². The largest absolute Gasteiger partial charge is 0.260 e. The second-order valence-electron chi connectivity index (χ2n) is 4.43. The number of hydrogen-bond donors (Lipinski definition) is 0. The standard InChI is InChI=1S/C16H15NS/c1-2-11-17-16(8-1)15-7-3-5-13(15)9-10-14-6-4-12-18-14/h1-4,6-9,11-12,15H,5,10H2. The molecule has 0 amide bonds. The Labute approximate surface area is 112 Å². The summed E-state index contributed by atoms with van der Waals surface area (Å²) in [5, 5.41) is 2.14. The monoisotopic (exact) mass is 253 g/mol. The van der Waals surface area contributed by atoms with Gasteiger partial charge in [0.1, 0.15) is 0 Å². The van der Waals surface area contributed by atoms with E-state index in [9.17, 15) is 0 Å². The minimum atomic E-state index is 0.381. The maximum atomic E-state index is 4.47. The number of nitrogens with zero attached hydrogens (tertiary/aromatic N) is 1. The highest BCUT2D eigenvalue weighted by molar-refractivity contribution is 7.09. The molecule has 2 aromatic rings. The molecule has 2 heterocycles. The second-order valence-corrected chi connectivity index (χ2v) is 5.46. The predicted molar refractivity (Wildman–Crippen MR) is 76.8 cm³/mol. The van der Waals surface area contributed by atoms with Crippen molar-refractivity contribution in [3.05, 3.63) is 76.3 Å². The molecule has 0 aromatic carbocycles. The molecule has 2 heteroatoms. The van der Waals surface area contributed by atoms with E-state index in [2.05, 4.69) is 52.9 Å². The first-order valence-corrected chi connectivity index (χ1v) is 7.10. The van der Waals surface area contributed by atoms with E-state index in [1.54, 1.807) is 0 Å². The SMILES string of the molecule is C1=CC(c2ccccn2)C(=CCc2cccs2)C1. The first-order chi connectivity index (χ1) is 8.93. The highest BCUT2D eigenvalue weighted by Gasteiger charge is 2.18. The van der Waals surface area contributed by atoms with Gasteiger partial charge < -0.3 is 0 Å². The first kappa shape index (κ1) is 11.4. The normalized spacial score (nSPS) is 20.7. The Balaban J connectivity index is 1.78. The number of thiophene rings is 1. The lowest BCUT2D eigenvalue weighted by Crippen LogP contribution is -1.98. The van der Waals surface area contributed by atoms with Crippen molar-refractivity contribution in [1.82, 2.24) is 4.98 Å². The molecule has 2 aromatic heterocycles. The Bertz CT molecular complexity index is 552. The average molecular weight is 253 g/mol. The van der Waals surface area contributed by atoms with E-state index in [1.807, 2.05) is 23.6 Å². The maximum absolute atomic E-state index is 4.47. The van der Waals surface area contributed by atoms with E-state index < -0.39 is 0 Å². The van der Waals surface area contributed by atoms with Crippen molar-refractivity contribution in [3.63, 3.8) is 0 Å². The third-order valence-electron chi connectivity index (χ3n) is 3.23. The van der Waals surface area contributed by atoms with Gasteiger partial charge in [-0.05, 0) is 30.0 Å². The highest BCUT2D eigenvalue weighted by atomic mass is 32.1. The fourth-order valence-corrected chi connectivity index (χ4v) is 2.98. The highest BCUT2D eigenvalue weighted by Crippen LogP contribution is 2.32. The zero-order valence-corrected chi connectivity index (χ0v) is 10.9. The van der Waals surface area contributed by atoms with Crippen LogP contribution in [0, 0.1) is 0 Å². The summed E-state index contributed by atoms with van der Waals surface area (Å²) in [6.07, 6.45) is 10.9. The minimum absolute atomic E-state index is 0.381. The summed E-state index contributed by atoms with van der Waals surface area (Å²) in [4.78, 5) is 5.89. The van der Waals surface area contributed by atoms with Gasteiger partial charge in [-0.3, -0.25) is 4.98 Å². The zero-order chi connectivity index (χ0) is 12.2. The third kappa shape index (κ3) is 2.44. The molecule has 0 N–H and O–H groups in total. The average Bonchev–Trinajstić information content (AvgIpc) is 3.09. The molecule has 1 unspecified atom stereocenters. The summed E-state index contributed by atoms with van der Waals surface area (Å²) < 4.78 is 0. The van der Waals surface area contributed by atoms with Gasteiger partial charge in [0.05, 0.1) is 5.69 Å². The molecule has 1 atom stereocenters. The van der Waals surface area contributed by atoms with Crippen LogP contribution in [0.25, 0.3) is 0 Å². The summed E-state index contributed by atoms with van der Waals surface area (Å²) in [7, 11) is 0. The van der Waals surface area contributed by atoms with Gasteiger partial charge in [0.25, 0.3) is 0 Å². The van der Waals surface area contributed by atoms with Gasteiger partial charge in [-0.15, -0.1) is 11.3 Å². The molecule has 1 nitrogen and oxygen atoms in total. The first-order valence-electron chi connectivity index (χ1n) is 6.22. The van der Waals surface area contributed by atoms with E-state index in [0.29, 0.717) is 5.92 Å². The van der Waals surface area contributed by atoms with Gasteiger partial charge in [0.2, 0.25) is 0 Å². The molecular weight excluding hydrogens is 238 g/mol. The van der Waals surface area contributed by atoms with Crippen molar-refractivity contribution in [2.75, 3.05) is 0 Å². The van der Waals surface area contributed by atoms with Gasteiger partial charge in [0.15, 0.2) is 0 Å². The minimum Gasteiger partial charge on any atom is -0.260 e. The number of aromatic nitrogens is 1. The molecule has 0 saturated heterocycles. The Kier molecular flexibility index (Phi) is 3.37. The number of pyridine rings is 1. The summed E-state index contributed by atoms with van der Waals surface area (Å²) >= 11 is 1.82. The Morgan fingerprint density at radius 3 is 3.06 bits per heavy atom. The Morgan fingerprint density at radius 1 is 1.28 bits per heavy atom. The molecule has 0 aliphatic heterocycles. The third-order valence-corrected chi connectivity index (χ3v) is 4.13. The summed E-state index contributed by atoms with van der Waals surface area (Å²) in [6.45, 7) is 0. The lowest BCUT2D eigenvalue weighted by Gasteiger charge is -2.10. The lowest BCUT2D eigenvalue weighted by atomic mass is 9.97. The fourth-order valence-electron chi connectivity index (χ4n) is 2.31. The van der Waals surface area contributed by atoms with E-state index in [1.165, 1.54) is 10.5 Å². The molecule has 1 aliphatic rings. The quantitative estimate of drug-likeness (QED) is 0.741. The topological polar surface area (TPSA) is 12.9 Å². The van der Waals surface area contributed by atoms with Crippen LogP contribution in [0.5, 0.6) is 0 Å². The van der Waals surface area contributed by atoms with E-state index in [4.69, 9.17) is 0 Å². The molecule has 0 spiro atoms. The molecular formula is C16H15NS. The van der Waals surface area contributed by atoms with Crippen molar-refractivity contribution >= 4 is 11.3 Å². The smallest absolute Gasteiger partial charge is 0.0513 e. The van der Waals surface area contributed by atoms with Crippen molar-refractivity contribution < 1.29 is 0 Å². The van der Waals surface area contributed by atoms with Crippen LogP contribution in [-0.2, 0) is 6.42 Å². The molecule has 90 valence electrons. The van der Waals surface area contributed by atoms with Gasteiger partial charge in [-0.2, -0.15) is 0 Å². The number of allylic oxidation sites excluding steroid dienone is 4. The number of hydrogen-bond acceptors (Lipinski definition) is 2. The van der Waals surface area contributed by atoms with Crippen LogP contribution in [0.3, 0.4) is 0 Å². The van der Waals surface area contributed by atoms with Crippen molar-refractivity contribution in [3.8, 4) is 0 Å². The van der Waals surface area contributed by atoms with Gasteiger partial charge in [0, 0.05) is 23.4 Å². The van der Waals surface area contributed by atoms with Crippen LogP contribution < -0.4 is 0 Å². The van der Waals surface area contributed by atoms with Gasteiger partial charge in [-0.25, -0.2) is 0 Å². The number of rotatable bonds is 3. The predicted octanol–water partition coefficient (Wildman–Crippen LogP) is 4.36. The summed E-state index contributed by atoms with van der Waals surface area (Å²) in [5.74, 6) is 0.381. The van der Waals surface area contributed by atoms with Gasteiger partial charge in [-0.1, -0.05) is 35.9 Å². The maximum Gasteiger partial charge on any atom is 0.0513 e. The Morgan fingerprint density at radius 2 is 2.28 bits per heavy atom. The summed E-state index contributed by atoms with van der Waals surface area (Å²) in [5.41, 5.74) is 2.63. The van der Waals surface area contributed by atoms with Crippen molar-refractivity contribution in [1.29, 1.82) is 0 Å². The zero-order valence-electron chi connectivity index (χ0n) is 10.1. The second kappa shape index (κ2) is 5.32. The fraction of sp³-hybridized carbons (Fsp3) is 0.188. The van der Waals surface area contributed by atoms with E-state index >= 15 is 0 Å². The van der Waals surface area contributed by atoms with Crippen molar-refractivity contribution in [2.24, 2.45) is 0 Å². The van der Waals surface area contributed by atoms with Crippen LogP contribution in [-0.4, -0.2) is 4.98 Å². The molecule has 0 fully saturated rings. The lowest BCUT2D eigenvalue weighted by molar-refractivity contribution is 0.931.